The van der Waals surface area contributed by atoms with Gasteiger partial charge in [0.05, 0.1) is 10.7 Å². The second kappa shape index (κ2) is 5.27. The molecule has 5 heteroatoms. The van der Waals surface area contributed by atoms with Gasteiger partial charge >= 0.3 is 0 Å². The molecule has 0 aliphatic heterocycles. The standard InChI is InChI=1S/C15H11Cl2N3/c1-9-14(12-3-2-11(16)8-13(12)17)20-15(19-9)10-4-6-18-7-5-10/h2-8H,1H3,(H,19,20). The molecule has 0 atom stereocenters. The molecular formula is C15H11Cl2N3. The van der Waals surface area contributed by atoms with Gasteiger partial charge in [-0.15, -0.1) is 0 Å². The van der Waals surface area contributed by atoms with Crippen molar-refractivity contribution < 1.29 is 0 Å². The Hall–Kier alpha value is -1.84. The molecule has 0 aliphatic carbocycles. The normalized spacial score (nSPS) is 10.8. The molecule has 0 fully saturated rings. The summed E-state index contributed by atoms with van der Waals surface area (Å²) in [4.78, 5) is 11.9. The molecule has 0 bridgehead atoms. The molecule has 2 heterocycles. The van der Waals surface area contributed by atoms with Gasteiger partial charge in [-0.3, -0.25) is 4.98 Å². The number of nitrogens with one attached hydrogen (secondary N) is 1. The number of benzene rings is 1. The Morgan fingerprint density at radius 3 is 2.50 bits per heavy atom. The predicted octanol–water partition coefficient (Wildman–Crippen LogP) is 4.75. The number of pyridine rings is 1. The molecule has 1 N–H and O–H groups in total. The highest BCUT2D eigenvalue weighted by molar-refractivity contribution is 6.36. The molecule has 3 rings (SSSR count). The van der Waals surface area contributed by atoms with Crippen molar-refractivity contribution in [3.63, 3.8) is 0 Å². The first kappa shape index (κ1) is 13.2. The highest BCUT2D eigenvalue weighted by atomic mass is 35.5. The van der Waals surface area contributed by atoms with Crippen molar-refractivity contribution in [2.45, 2.75) is 6.92 Å². The van der Waals surface area contributed by atoms with Crippen molar-refractivity contribution in [2.24, 2.45) is 0 Å². The number of halogens is 2. The highest BCUT2D eigenvalue weighted by Crippen LogP contribution is 2.32. The average molecular weight is 304 g/mol. The van der Waals surface area contributed by atoms with Crippen molar-refractivity contribution in [3.8, 4) is 22.6 Å². The number of aromatic amines is 1. The minimum atomic E-state index is 0.591. The van der Waals surface area contributed by atoms with Crippen LogP contribution in [0.25, 0.3) is 22.6 Å². The van der Waals surface area contributed by atoms with E-state index < -0.39 is 0 Å². The number of hydrogen-bond donors (Lipinski definition) is 1. The molecule has 0 unspecified atom stereocenters. The van der Waals surface area contributed by atoms with Gasteiger partial charge in [0.2, 0.25) is 0 Å². The number of aromatic nitrogens is 3. The van der Waals surface area contributed by atoms with E-state index in [-0.39, 0.29) is 0 Å². The average Bonchev–Trinajstić information content (AvgIpc) is 2.82. The summed E-state index contributed by atoms with van der Waals surface area (Å²) in [5.74, 6) is 0.797. The minimum absolute atomic E-state index is 0.591. The van der Waals surface area contributed by atoms with Crippen LogP contribution in [0.2, 0.25) is 10.0 Å². The molecule has 1 aromatic carbocycles. The Bertz CT molecular complexity index is 751. The molecule has 0 saturated heterocycles. The van der Waals surface area contributed by atoms with Crippen LogP contribution in [0.15, 0.2) is 42.7 Å². The highest BCUT2D eigenvalue weighted by Gasteiger charge is 2.13. The zero-order valence-electron chi connectivity index (χ0n) is 10.7. The summed E-state index contributed by atoms with van der Waals surface area (Å²) in [7, 11) is 0. The van der Waals surface area contributed by atoms with E-state index in [1.807, 2.05) is 31.2 Å². The topological polar surface area (TPSA) is 41.6 Å². The van der Waals surface area contributed by atoms with Crippen LogP contribution in [0.3, 0.4) is 0 Å². The van der Waals surface area contributed by atoms with Gasteiger partial charge in [0.25, 0.3) is 0 Å². The fraction of sp³-hybridized carbons (Fsp3) is 0.0667. The second-order valence-corrected chi connectivity index (χ2v) is 5.26. The zero-order chi connectivity index (χ0) is 14.1. The van der Waals surface area contributed by atoms with E-state index in [9.17, 15) is 0 Å². The van der Waals surface area contributed by atoms with E-state index in [2.05, 4.69) is 15.0 Å². The van der Waals surface area contributed by atoms with Crippen LogP contribution in [-0.2, 0) is 0 Å². The molecule has 20 heavy (non-hydrogen) atoms. The monoisotopic (exact) mass is 303 g/mol. The molecule has 3 nitrogen and oxygen atoms in total. The van der Waals surface area contributed by atoms with Crippen molar-refractivity contribution in [1.82, 2.24) is 15.0 Å². The van der Waals surface area contributed by atoms with Crippen molar-refractivity contribution in [1.29, 1.82) is 0 Å². The van der Waals surface area contributed by atoms with Crippen molar-refractivity contribution in [2.75, 3.05) is 0 Å². The van der Waals surface area contributed by atoms with Gasteiger partial charge < -0.3 is 4.98 Å². The number of H-pyrrole nitrogens is 1. The van der Waals surface area contributed by atoms with Crippen LogP contribution in [0.5, 0.6) is 0 Å². The fourth-order valence-corrected chi connectivity index (χ4v) is 2.55. The smallest absolute Gasteiger partial charge is 0.138 e. The molecule has 0 amide bonds. The third kappa shape index (κ3) is 2.42. The quantitative estimate of drug-likeness (QED) is 0.742. The third-order valence-electron chi connectivity index (χ3n) is 3.02. The number of aryl methyl sites for hydroxylation is 1. The van der Waals surface area contributed by atoms with E-state index >= 15 is 0 Å². The van der Waals surface area contributed by atoms with Gasteiger partial charge in [-0.05, 0) is 37.3 Å². The largest absolute Gasteiger partial charge is 0.342 e. The van der Waals surface area contributed by atoms with Gasteiger partial charge in [0.1, 0.15) is 5.82 Å². The molecule has 2 aromatic heterocycles. The Kier molecular flexibility index (Phi) is 3.47. The SMILES string of the molecule is Cc1[nH]c(-c2ccncc2)nc1-c1ccc(Cl)cc1Cl. The summed E-state index contributed by atoms with van der Waals surface area (Å²) >= 11 is 12.2. The maximum Gasteiger partial charge on any atom is 0.138 e. The third-order valence-corrected chi connectivity index (χ3v) is 3.57. The Labute approximate surface area is 126 Å². The lowest BCUT2D eigenvalue weighted by molar-refractivity contribution is 1.24. The predicted molar refractivity (Wildman–Crippen MR) is 82.0 cm³/mol. The summed E-state index contributed by atoms with van der Waals surface area (Å²) in [5, 5.41) is 1.20. The molecule has 0 saturated carbocycles. The van der Waals surface area contributed by atoms with Crippen LogP contribution in [0.1, 0.15) is 5.69 Å². The van der Waals surface area contributed by atoms with Crippen molar-refractivity contribution >= 4 is 23.2 Å². The maximum atomic E-state index is 6.24. The van der Waals surface area contributed by atoms with Gasteiger partial charge in [-0.2, -0.15) is 0 Å². The van der Waals surface area contributed by atoms with E-state index in [0.717, 1.165) is 28.3 Å². The van der Waals surface area contributed by atoms with Crippen molar-refractivity contribution in [3.05, 3.63) is 58.5 Å². The Morgan fingerprint density at radius 2 is 1.80 bits per heavy atom. The van der Waals surface area contributed by atoms with E-state index in [1.54, 1.807) is 18.5 Å². The van der Waals surface area contributed by atoms with E-state index in [4.69, 9.17) is 23.2 Å². The summed E-state index contributed by atoms with van der Waals surface area (Å²) in [5.41, 5.74) is 3.64. The number of imidazole rings is 1. The molecular weight excluding hydrogens is 293 g/mol. The summed E-state index contributed by atoms with van der Waals surface area (Å²) < 4.78 is 0. The maximum absolute atomic E-state index is 6.24. The van der Waals surface area contributed by atoms with E-state index in [1.165, 1.54) is 0 Å². The lowest BCUT2D eigenvalue weighted by Gasteiger charge is -2.02. The zero-order valence-corrected chi connectivity index (χ0v) is 12.2. The fourth-order valence-electron chi connectivity index (χ4n) is 2.05. The first-order chi connectivity index (χ1) is 9.65. The van der Waals surface area contributed by atoms with Gasteiger partial charge in [0.15, 0.2) is 0 Å². The van der Waals surface area contributed by atoms with Crippen LogP contribution in [0, 0.1) is 6.92 Å². The second-order valence-electron chi connectivity index (χ2n) is 4.42. The van der Waals surface area contributed by atoms with Crippen LogP contribution >= 0.6 is 23.2 Å². The molecule has 0 spiro atoms. The molecule has 3 aromatic rings. The van der Waals surface area contributed by atoms with E-state index in [0.29, 0.717) is 10.0 Å². The summed E-state index contributed by atoms with van der Waals surface area (Å²) in [6.45, 7) is 1.97. The lowest BCUT2D eigenvalue weighted by Crippen LogP contribution is -1.83. The van der Waals surface area contributed by atoms with Crippen LogP contribution in [0.4, 0.5) is 0 Å². The van der Waals surface area contributed by atoms with Gasteiger partial charge in [0, 0.05) is 34.2 Å². The van der Waals surface area contributed by atoms with Crippen LogP contribution in [-0.4, -0.2) is 15.0 Å². The molecule has 0 radical (unpaired) electrons. The number of rotatable bonds is 2. The molecule has 100 valence electrons. The first-order valence-electron chi connectivity index (χ1n) is 6.07. The summed E-state index contributed by atoms with van der Waals surface area (Å²) in [6, 6.07) is 9.23. The van der Waals surface area contributed by atoms with Gasteiger partial charge in [-0.1, -0.05) is 23.2 Å². The van der Waals surface area contributed by atoms with Gasteiger partial charge in [-0.25, -0.2) is 4.98 Å². The number of nitrogens with zero attached hydrogens (tertiary/aromatic N) is 2. The lowest BCUT2D eigenvalue weighted by atomic mass is 10.1. The summed E-state index contributed by atoms with van der Waals surface area (Å²) in [6.07, 6.45) is 3.48. The first-order valence-corrected chi connectivity index (χ1v) is 6.83. The Balaban J connectivity index is 2.10. The minimum Gasteiger partial charge on any atom is -0.342 e. The Morgan fingerprint density at radius 1 is 1.05 bits per heavy atom. The molecule has 0 aliphatic rings. The van der Waals surface area contributed by atoms with Crippen LogP contribution < -0.4 is 0 Å². The number of hydrogen-bond acceptors (Lipinski definition) is 2.